The molecule has 0 saturated heterocycles. The summed E-state index contributed by atoms with van der Waals surface area (Å²) in [6.07, 6.45) is 0. The predicted octanol–water partition coefficient (Wildman–Crippen LogP) is 4.37. The lowest BCUT2D eigenvalue weighted by atomic mass is 10.1. The molecule has 0 aromatic heterocycles. The van der Waals surface area contributed by atoms with Crippen LogP contribution in [0, 0.1) is 3.57 Å². The molecule has 162 valence electrons. The first-order valence-corrected chi connectivity index (χ1v) is 12.1. The molecule has 31 heavy (non-hydrogen) atoms. The summed E-state index contributed by atoms with van der Waals surface area (Å²) in [5.74, 6) is 0.322. The molecule has 0 bridgehead atoms. The van der Waals surface area contributed by atoms with Crippen LogP contribution in [0.1, 0.15) is 18.5 Å². The largest absolute Gasteiger partial charge is 0.497 e. The maximum absolute atomic E-state index is 13.3. The van der Waals surface area contributed by atoms with Gasteiger partial charge in [-0.25, -0.2) is 8.42 Å². The number of nitrogens with one attached hydrogen (secondary N) is 1. The lowest BCUT2D eigenvalue weighted by molar-refractivity contribution is -0.120. The Morgan fingerprint density at radius 1 is 1.00 bits per heavy atom. The summed E-state index contributed by atoms with van der Waals surface area (Å²) in [4.78, 5) is 13.0. The maximum atomic E-state index is 13.3. The van der Waals surface area contributed by atoms with Gasteiger partial charge in [0.25, 0.3) is 10.0 Å². The molecule has 1 N–H and O–H groups in total. The fourth-order valence-electron chi connectivity index (χ4n) is 3.04. The molecule has 6 nitrogen and oxygen atoms in total. The molecule has 3 rings (SSSR count). The molecule has 1 atom stereocenters. The Labute approximate surface area is 196 Å². The normalized spacial score (nSPS) is 12.1. The van der Waals surface area contributed by atoms with Gasteiger partial charge < -0.3 is 10.1 Å². The van der Waals surface area contributed by atoms with Crippen LogP contribution in [-0.2, 0) is 14.8 Å². The van der Waals surface area contributed by atoms with Crippen molar-refractivity contribution >= 4 is 44.2 Å². The highest BCUT2D eigenvalue weighted by atomic mass is 127. The number of nitrogens with zero attached hydrogens (tertiary/aromatic N) is 1. The van der Waals surface area contributed by atoms with Gasteiger partial charge in [0, 0.05) is 3.57 Å². The molecule has 0 fully saturated rings. The van der Waals surface area contributed by atoms with E-state index in [1.165, 1.54) is 12.1 Å². The minimum Gasteiger partial charge on any atom is -0.497 e. The number of benzene rings is 3. The van der Waals surface area contributed by atoms with Crippen molar-refractivity contribution in [1.82, 2.24) is 5.32 Å². The van der Waals surface area contributed by atoms with Crippen LogP contribution in [0.15, 0.2) is 83.8 Å². The Kier molecular flexibility index (Phi) is 7.55. The van der Waals surface area contributed by atoms with Gasteiger partial charge in [-0.2, -0.15) is 0 Å². The Morgan fingerprint density at radius 3 is 2.19 bits per heavy atom. The number of hydrogen-bond donors (Lipinski definition) is 1. The van der Waals surface area contributed by atoms with E-state index in [1.807, 2.05) is 31.2 Å². The minimum atomic E-state index is -3.92. The minimum absolute atomic E-state index is 0.129. The summed E-state index contributed by atoms with van der Waals surface area (Å²) in [6, 6.07) is 22.2. The average molecular weight is 550 g/mol. The topological polar surface area (TPSA) is 75.7 Å². The van der Waals surface area contributed by atoms with Gasteiger partial charge in [0.05, 0.1) is 23.7 Å². The van der Waals surface area contributed by atoms with Gasteiger partial charge in [-0.05, 0) is 83.6 Å². The third kappa shape index (κ3) is 5.76. The van der Waals surface area contributed by atoms with Gasteiger partial charge >= 0.3 is 0 Å². The lowest BCUT2D eigenvalue weighted by Gasteiger charge is -2.25. The summed E-state index contributed by atoms with van der Waals surface area (Å²) in [5, 5.41) is 2.88. The van der Waals surface area contributed by atoms with Crippen LogP contribution >= 0.6 is 22.6 Å². The van der Waals surface area contributed by atoms with E-state index in [1.54, 1.807) is 49.6 Å². The Hall–Kier alpha value is -2.59. The van der Waals surface area contributed by atoms with Gasteiger partial charge in [-0.1, -0.05) is 30.3 Å². The second-order valence-corrected chi connectivity index (χ2v) is 9.97. The molecule has 0 spiro atoms. The first-order chi connectivity index (χ1) is 14.8. The van der Waals surface area contributed by atoms with Crippen molar-refractivity contribution in [1.29, 1.82) is 0 Å². The van der Waals surface area contributed by atoms with E-state index >= 15 is 0 Å². The van der Waals surface area contributed by atoms with E-state index in [0.29, 0.717) is 5.69 Å². The summed E-state index contributed by atoms with van der Waals surface area (Å²) in [7, 11) is -2.33. The third-order valence-corrected chi connectivity index (χ3v) is 7.23. The standard InChI is InChI=1S/C23H23IN2O4S/c1-17(18-8-14-21(30-2)15-9-18)25-23(27)16-26(20-12-10-19(24)11-13-20)31(28,29)22-6-4-3-5-7-22/h3-15,17H,16H2,1-2H3,(H,25,27). The molecule has 0 aliphatic heterocycles. The summed E-state index contributed by atoms with van der Waals surface area (Å²) >= 11 is 2.15. The van der Waals surface area contributed by atoms with Gasteiger partial charge in [-0.15, -0.1) is 0 Å². The smallest absolute Gasteiger partial charge is 0.264 e. The number of ether oxygens (including phenoxy) is 1. The molecule has 8 heteroatoms. The average Bonchev–Trinajstić information content (AvgIpc) is 2.78. The van der Waals surface area contributed by atoms with Crippen molar-refractivity contribution < 1.29 is 17.9 Å². The molecule has 3 aromatic carbocycles. The van der Waals surface area contributed by atoms with Crippen molar-refractivity contribution in [3.8, 4) is 5.75 Å². The molecule has 0 saturated carbocycles. The van der Waals surface area contributed by atoms with E-state index in [2.05, 4.69) is 27.9 Å². The van der Waals surface area contributed by atoms with Gasteiger partial charge in [0.2, 0.25) is 5.91 Å². The SMILES string of the molecule is COc1ccc(C(C)NC(=O)CN(c2ccc(I)cc2)S(=O)(=O)c2ccccc2)cc1. The highest BCUT2D eigenvalue weighted by molar-refractivity contribution is 14.1. The molecular weight excluding hydrogens is 527 g/mol. The van der Waals surface area contributed by atoms with Crippen LogP contribution in [0.3, 0.4) is 0 Å². The highest BCUT2D eigenvalue weighted by Crippen LogP contribution is 2.25. The predicted molar refractivity (Wildman–Crippen MR) is 130 cm³/mol. The Balaban J connectivity index is 1.84. The number of rotatable bonds is 8. The molecule has 0 aliphatic rings. The van der Waals surface area contributed by atoms with Crippen molar-refractivity contribution in [3.05, 3.63) is 88.0 Å². The second kappa shape index (κ2) is 10.1. The molecule has 3 aromatic rings. The number of hydrogen-bond acceptors (Lipinski definition) is 4. The Bertz CT molecular complexity index is 1120. The number of amides is 1. The van der Waals surface area contributed by atoms with E-state index in [4.69, 9.17) is 4.74 Å². The van der Waals surface area contributed by atoms with Crippen molar-refractivity contribution in [2.24, 2.45) is 0 Å². The number of carbonyl (C=O) groups excluding carboxylic acids is 1. The first-order valence-electron chi connectivity index (χ1n) is 9.58. The number of methoxy groups -OCH3 is 1. The fourth-order valence-corrected chi connectivity index (χ4v) is 4.84. The monoisotopic (exact) mass is 550 g/mol. The quantitative estimate of drug-likeness (QED) is 0.423. The van der Waals surface area contributed by atoms with Crippen molar-refractivity contribution in [2.45, 2.75) is 17.9 Å². The highest BCUT2D eigenvalue weighted by Gasteiger charge is 2.27. The summed E-state index contributed by atoms with van der Waals surface area (Å²) in [6.45, 7) is 1.51. The lowest BCUT2D eigenvalue weighted by Crippen LogP contribution is -2.41. The zero-order valence-electron chi connectivity index (χ0n) is 17.2. The van der Waals surface area contributed by atoms with Gasteiger partial charge in [0.1, 0.15) is 12.3 Å². The van der Waals surface area contributed by atoms with Crippen LogP contribution < -0.4 is 14.4 Å². The van der Waals surface area contributed by atoms with E-state index in [0.717, 1.165) is 19.2 Å². The molecule has 0 radical (unpaired) electrons. The zero-order chi connectivity index (χ0) is 22.4. The van der Waals surface area contributed by atoms with E-state index < -0.39 is 15.9 Å². The molecule has 1 unspecified atom stereocenters. The Morgan fingerprint density at radius 2 is 1.61 bits per heavy atom. The first kappa shape index (κ1) is 23.1. The van der Waals surface area contributed by atoms with Crippen molar-refractivity contribution in [2.75, 3.05) is 18.0 Å². The van der Waals surface area contributed by atoms with Gasteiger partial charge in [-0.3, -0.25) is 9.10 Å². The number of anilines is 1. The fraction of sp³-hybridized carbons (Fsp3) is 0.174. The molecule has 0 heterocycles. The van der Waals surface area contributed by atoms with Crippen LogP contribution in [-0.4, -0.2) is 28.0 Å². The van der Waals surface area contributed by atoms with Crippen LogP contribution in [0.5, 0.6) is 5.75 Å². The second-order valence-electron chi connectivity index (χ2n) is 6.86. The third-order valence-electron chi connectivity index (χ3n) is 4.73. The molecular formula is C23H23IN2O4S. The number of sulfonamides is 1. The van der Waals surface area contributed by atoms with Crippen LogP contribution in [0.25, 0.3) is 0 Å². The van der Waals surface area contributed by atoms with Crippen LogP contribution in [0.2, 0.25) is 0 Å². The number of halogens is 1. The summed E-state index contributed by atoms with van der Waals surface area (Å²) < 4.78 is 33.9. The van der Waals surface area contributed by atoms with E-state index in [-0.39, 0.29) is 17.5 Å². The summed E-state index contributed by atoms with van der Waals surface area (Å²) in [5.41, 5.74) is 1.32. The van der Waals surface area contributed by atoms with Crippen molar-refractivity contribution in [3.63, 3.8) is 0 Å². The molecule has 0 aliphatic carbocycles. The molecule has 1 amide bonds. The number of carbonyl (C=O) groups is 1. The zero-order valence-corrected chi connectivity index (χ0v) is 20.1. The van der Waals surface area contributed by atoms with E-state index in [9.17, 15) is 13.2 Å². The van der Waals surface area contributed by atoms with Crippen LogP contribution in [0.4, 0.5) is 5.69 Å². The van der Waals surface area contributed by atoms with Gasteiger partial charge in [0.15, 0.2) is 0 Å². The maximum Gasteiger partial charge on any atom is 0.264 e.